The molecule has 0 N–H and O–H groups in total. The number of nitriles is 1. The number of rotatable bonds is 2. The maximum Gasteiger partial charge on any atom is 0.146 e. The number of benzene rings is 1. The maximum absolute atomic E-state index is 9.29. The van der Waals surface area contributed by atoms with E-state index in [1.165, 1.54) is 0 Å². The van der Waals surface area contributed by atoms with Gasteiger partial charge in [-0.3, -0.25) is 0 Å². The Hall–Kier alpha value is -2.09. The number of hydrogen-bond acceptors (Lipinski definition) is 4. The van der Waals surface area contributed by atoms with Gasteiger partial charge in [0.2, 0.25) is 0 Å². The molecule has 22 heavy (non-hydrogen) atoms. The lowest BCUT2D eigenvalue weighted by molar-refractivity contribution is 0.0212. The van der Waals surface area contributed by atoms with E-state index in [1.807, 2.05) is 24.3 Å². The van der Waals surface area contributed by atoms with Crippen molar-refractivity contribution in [3.8, 4) is 6.07 Å². The highest BCUT2D eigenvalue weighted by Gasteiger charge is 2.29. The van der Waals surface area contributed by atoms with Crippen LogP contribution in [-0.2, 0) is 4.74 Å². The van der Waals surface area contributed by atoms with E-state index in [0.29, 0.717) is 29.6 Å². The number of hydrogen-bond donors (Lipinski definition) is 0. The summed E-state index contributed by atoms with van der Waals surface area (Å²) < 4.78 is 5.95. The van der Waals surface area contributed by atoms with Crippen LogP contribution < -0.4 is 4.90 Å². The van der Waals surface area contributed by atoms with Crippen molar-refractivity contribution in [2.24, 2.45) is 0 Å². The zero-order valence-corrected chi connectivity index (χ0v) is 13.0. The third-order valence-electron chi connectivity index (χ3n) is 3.83. The van der Waals surface area contributed by atoms with Crippen molar-refractivity contribution in [2.45, 2.75) is 19.1 Å². The number of ether oxygens (including phenoxy) is 1. The highest BCUT2D eigenvalue weighted by Crippen LogP contribution is 2.30. The smallest absolute Gasteiger partial charge is 0.146 e. The van der Waals surface area contributed by atoms with Gasteiger partial charge in [0.1, 0.15) is 18.0 Å². The maximum atomic E-state index is 9.29. The van der Waals surface area contributed by atoms with Crippen LogP contribution in [0, 0.1) is 11.3 Å². The Morgan fingerprint density at radius 2 is 2.23 bits per heavy atom. The van der Waals surface area contributed by atoms with E-state index >= 15 is 0 Å². The first-order chi connectivity index (χ1) is 10.7. The first kappa shape index (κ1) is 14.8. The first-order valence-corrected chi connectivity index (χ1v) is 7.55. The Balaban J connectivity index is 1.90. The molecule has 1 saturated heterocycles. The zero-order valence-electron chi connectivity index (χ0n) is 12.2. The van der Waals surface area contributed by atoms with E-state index in [-0.39, 0.29) is 12.1 Å². The minimum Gasteiger partial charge on any atom is -0.370 e. The van der Waals surface area contributed by atoms with E-state index < -0.39 is 0 Å². The van der Waals surface area contributed by atoms with Crippen molar-refractivity contribution in [2.75, 3.05) is 18.1 Å². The zero-order chi connectivity index (χ0) is 15.5. The topological polar surface area (TPSA) is 49.1 Å². The van der Waals surface area contributed by atoms with Crippen molar-refractivity contribution >= 4 is 17.4 Å². The van der Waals surface area contributed by atoms with Crippen molar-refractivity contribution < 1.29 is 4.74 Å². The van der Waals surface area contributed by atoms with Crippen LogP contribution in [0.25, 0.3) is 0 Å². The second kappa shape index (κ2) is 6.35. The van der Waals surface area contributed by atoms with Crippen LogP contribution in [0.1, 0.15) is 24.2 Å². The third kappa shape index (κ3) is 2.92. The Morgan fingerprint density at radius 1 is 1.36 bits per heavy atom. The van der Waals surface area contributed by atoms with Crippen LogP contribution in [-0.4, -0.2) is 24.2 Å². The highest BCUT2D eigenvalue weighted by molar-refractivity contribution is 6.30. The van der Waals surface area contributed by atoms with Crippen molar-refractivity contribution in [1.29, 1.82) is 5.26 Å². The van der Waals surface area contributed by atoms with Gasteiger partial charge in [0, 0.05) is 11.2 Å². The molecule has 0 bridgehead atoms. The number of aromatic nitrogens is 1. The van der Waals surface area contributed by atoms with Gasteiger partial charge in [-0.15, -0.1) is 0 Å². The van der Waals surface area contributed by atoms with E-state index in [9.17, 15) is 5.26 Å². The molecular weight excluding hydrogens is 298 g/mol. The molecule has 2 aromatic rings. The average molecular weight is 314 g/mol. The van der Waals surface area contributed by atoms with E-state index in [1.54, 1.807) is 18.3 Å². The predicted molar refractivity (Wildman–Crippen MR) is 85.9 cm³/mol. The molecule has 3 rings (SSSR count). The van der Waals surface area contributed by atoms with Gasteiger partial charge >= 0.3 is 0 Å². The van der Waals surface area contributed by atoms with E-state index in [2.05, 4.69) is 22.9 Å². The van der Waals surface area contributed by atoms with Crippen LogP contribution in [0.4, 0.5) is 5.82 Å². The summed E-state index contributed by atoms with van der Waals surface area (Å²) in [7, 11) is 0. The monoisotopic (exact) mass is 313 g/mol. The lowest BCUT2D eigenvalue weighted by atomic mass is 10.1. The van der Waals surface area contributed by atoms with Crippen molar-refractivity contribution in [1.82, 2.24) is 4.98 Å². The molecule has 0 aliphatic carbocycles. The fourth-order valence-corrected chi connectivity index (χ4v) is 2.87. The number of morpholine rings is 1. The van der Waals surface area contributed by atoms with Crippen LogP contribution in [0.3, 0.4) is 0 Å². The SMILES string of the molecule is CC1COC(c2cccc(Cl)c2)CN1c1ncccc1C#N. The number of anilines is 1. The predicted octanol–water partition coefficient (Wildman–Crippen LogP) is 3.57. The molecule has 112 valence electrons. The lowest BCUT2D eigenvalue weighted by Gasteiger charge is -2.39. The molecule has 5 heteroatoms. The quantitative estimate of drug-likeness (QED) is 0.850. The molecule has 1 aromatic carbocycles. The van der Waals surface area contributed by atoms with Gasteiger partial charge in [-0.2, -0.15) is 5.26 Å². The molecule has 1 aromatic heterocycles. The minimum atomic E-state index is -0.0801. The van der Waals surface area contributed by atoms with Crippen LogP contribution >= 0.6 is 11.6 Å². The summed E-state index contributed by atoms with van der Waals surface area (Å²) in [5.74, 6) is 0.716. The molecule has 1 aliphatic heterocycles. The Labute approximate surface area is 134 Å². The molecule has 2 unspecified atom stereocenters. The number of nitrogens with zero attached hydrogens (tertiary/aromatic N) is 3. The molecule has 4 nitrogen and oxygen atoms in total. The Morgan fingerprint density at radius 3 is 3.00 bits per heavy atom. The summed E-state index contributed by atoms with van der Waals surface area (Å²) in [6, 6.07) is 13.6. The molecule has 1 fully saturated rings. The van der Waals surface area contributed by atoms with Gasteiger partial charge in [-0.1, -0.05) is 23.7 Å². The molecule has 2 atom stereocenters. The molecule has 0 radical (unpaired) electrons. The number of halogens is 1. The normalized spacial score (nSPS) is 21.4. The summed E-state index contributed by atoms with van der Waals surface area (Å²) in [4.78, 5) is 6.52. The first-order valence-electron chi connectivity index (χ1n) is 7.18. The Bertz CT molecular complexity index is 713. The van der Waals surface area contributed by atoms with E-state index in [0.717, 1.165) is 5.56 Å². The third-order valence-corrected chi connectivity index (χ3v) is 4.07. The second-order valence-electron chi connectivity index (χ2n) is 5.36. The van der Waals surface area contributed by atoms with Crippen molar-refractivity contribution in [3.05, 3.63) is 58.7 Å². The second-order valence-corrected chi connectivity index (χ2v) is 5.80. The molecular formula is C17H16ClN3O. The molecule has 0 spiro atoms. The van der Waals surface area contributed by atoms with Crippen LogP contribution in [0.2, 0.25) is 5.02 Å². The molecule has 1 aliphatic rings. The van der Waals surface area contributed by atoms with Gasteiger partial charge in [-0.25, -0.2) is 4.98 Å². The van der Waals surface area contributed by atoms with E-state index in [4.69, 9.17) is 16.3 Å². The van der Waals surface area contributed by atoms with Crippen LogP contribution in [0.5, 0.6) is 0 Å². The summed E-state index contributed by atoms with van der Waals surface area (Å²) >= 11 is 6.07. The fourth-order valence-electron chi connectivity index (χ4n) is 2.67. The summed E-state index contributed by atoms with van der Waals surface area (Å²) in [6.07, 6.45) is 1.63. The van der Waals surface area contributed by atoms with Crippen molar-refractivity contribution in [3.63, 3.8) is 0 Å². The van der Waals surface area contributed by atoms with Gasteiger partial charge in [0.15, 0.2) is 0 Å². The summed E-state index contributed by atoms with van der Waals surface area (Å²) in [5, 5.41) is 9.99. The Kier molecular flexibility index (Phi) is 4.28. The largest absolute Gasteiger partial charge is 0.370 e. The standard InChI is InChI=1S/C17H16ClN3O/c1-12-11-22-16(13-4-2-6-15(18)8-13)10-21(12)17-14(9-19)5-3-7-20-17/h2-8,12,16H,10-11H2,1H3. The van der Waals surface area contributed by atoms with Crippen LogP contribution in [0.15, 0.2) is 42.6 Å². The number of pyridine rings is 1. The average Bonchev–Trinajstić information content (AvgIpc) is 2.55. The van der Waals surface area contributed by atoms with Gasteiger partial charge in [-0.05, 0) is 36.8 Å². The van der Waals surface area contributed by atoms with Gasteiger partial charge in [0.05, 0.1) is 24.8 Å². The summed E-state index contributed by atoms with van der Waals surface area (Å²) in [5.41, 5.74) is 1.62. The fraction of sp³-hybridized carbons (Fsp3) is 0.294. The molecule has 0 saturated carbocycles. The summed E-state index contributed by atoms with van der Waals surface area (Å²) in [6.45, 7) is 3.30. The minimum absolute atomic E-state index is 0.0801. The highest BCUT2D eigenvalue weighted by atomic mass is 35.5. The molecule has 2 heterocycles. The van der Waals surface area contributed by atoms with Gasteiger partial charge < -0.3 is 9.64 Å². The van der Waals surface area contributed by atoms with Gasteiger partial charge in [0.25, 0.3) is 0 Å². The lowest BCUT2D eigenvalue weighted by Crippen LogP contribution is -2.45. The molecule has 0 amide bonds.